The molecule has 1 heterocycles. The van der Waals surface area contributed by atoms with Gasteiger partial charge < -0.3 is 10.6 Å². The van der Waals surface area contributed by atoms with E-state index < -0.39 is 10.8 Å². The maximum Gasteiger partial charge on any atom is 0.283 e. The van der Waals surface area contributed by atoms with Crippen LogP contribution in [-0.2, 0) is 0 Å². The number of hydrogen-bond acceptors (Lipinski definition) is 4. The monoisotopic (exact) mass is 311 g/mol. The van der Waals surface area contributed by atoms with Crippen molar-refractivity contribution >= 4 is 23.2 Å². The largest absolute Gasteiger partial charge is 0.338 e. The average Bonchev–Trinajstić information content (AvgIpc) is 2.40. The molecular formula is C14H18ClN3O3. The van der Waals surface area contributed by atoms with E-state index in [0.717, 1.165) is 0 Å². The summed E-state index contributed by atoms with van der Waals surface area (Å²) in [6.07, 6.45) is 0.664. The fourth-order valence-corrected chi connectivity index (χ4v) is 2.83. The molecule has 1 aliphatic rings. The van der Waals surface area contributed by atoms with Crippen LogP contribution in [0.15, 0.2) is 18.2 Å². The van der Waals surface area contributed by atoms with Crippen LogP contribution in [0.5, 0.6) is 0 Å². The van der Waals surface area contributed by atoms with E-state index in [1.165, 1.54) is 18.2 Å². The predicted octanol–water partition coefficient (Wildman–Crippen LogP) is 2.45. The van der Waals surface area contributed by atoms with E-state index in [1.807, 2.05) is 13.8 Å². The molecule has 2 N–H and O–H groups in total. The number of nitro groups is 1. The molecule has 0 aromatic heterocycles. The molecule has 2 rings (SSSR count). The number of hydrogen-bond donors (Lipinski definition) is 1. The van der Waals surface area contributed by atoms with Crippen molar-refractivity contribution < 1.29 is 9.72 Å². The number of rotatable bonds is 2. The highest BCUT2D eigenvalue weighted by Gasteiger charge is 2.37. The van der Waals surface area contributed by atoms with Crippen LogP contribution in [-0.4, -0.2) is 34.9 Å². The molecule has 0 aliphatic carbocycles. The van der Waals surface area contributed by atoms with Crippen LogP contribution in [0.1, 0.15) is 30.6 Å². The van der Waals surface area contributed by atoms with Crippen LogP contribution in [0, 0.1) is 15.5 Å². The van der Waals surface area contributed by atoms with Gasteiger partial charge in [0.05, 0.1) is 9.95 Å². The van der Waals surface area contributed by atoms with Gasteiger partial charge >= 0.3 is 0 Å². The number of benzene rings is 1. The summed E-state index contributed by atoms with van der Waals surface area (Å²) in [6.45, 7) is 4.90. The first-order valence-electron chi connectivity index (χ1n) is 6.72. The Morgan fingerprint density at radius 2 is 2.19 bits per heavy atom. The molecule has 114 valence electrons. The molecule has 1 fully saturated rings. The van der Waals surface area contributed by atoms with Crippen LogP contribution in [0.25, 0.3) is 0 Å². The molecular weight excluding hydrogens is 294 g/mol. The van der Waals surface area contributed by atoms with Gasteiger partial charge in [0.2, 0.25) is 0 Å². The normalized spacial score (nSPS) is 21.1. The lowest BCUT2D eigenvalue weighted by Crippen LogP contribution is -2.54. The van der Waals surface area contributed by atoms with Crippen molar-refractivity contribution in [2.75, 3.05) is 13.1 Å². The average molecular weight is 312 g/mol. The van der Waals surface area contributed by atoms with Crippen LogP contribution < -0.4 is 5.73 Å². The van der Waals surface area contributed by atoms with E-state index in [-0.39, 0.29) is 27.7 Å². The van der Waals surface area contributed by atoms with Gasteiger partial charge in [-0.15, -0.1) is 0 Å². The van der Waals surface area contributed by atoms with Crippen molar-refractivity contribution in [3.05, 3.63) is 38.9 Å². The molecule has 0 radical (unpaired) electrons. The van der Waals surface area contributed by atoms with E-state index in [0.29, 0.717) is 19.5 Å². The van der Waals surface area contributed by atoms with Crippen molar-refractivity contribution in [2.24, 2.45) is 11.1 Å². The first-order valence-corrected chi connectivity index (χ1v) is 7.09. The van der Waals surface area contributed by atoms with Gasteiger partial charge in [0.15, 0.2) is 0 Å². The Kier molecular flexibility index (Phi) is 4.20. The van der Waals surface area contributed by atoms with Crippen molar-refractivity contribution in [1.82, 2.24) is 4.90 Å². The zero-order chi connectivity index (χ0) is 15.8. The molecule has 1 aliphatic heterocycles. The molecule has 1 saturated heterocycles. The first kappa shape index (κ1) is 15.7. The number of halogens is 1. The fraction of sp³-hybridized carbons (Fsp3) is 0.500. The Labute approximate surface area is 128 Å². The van der Waals surface area contributed by atoms with E-state index in [4.69, 9.17) is 17.3 Å². The van der Waals surface area contributed by atoms with E-state index in [9.17, 15) is 14.9 Å². The molecule has 1 unspecified atom stereocenters. The Morgan fingerprint density at radius 3 is 2.76 bits per heavy atom. The highest BCUT2D eigenvalue weighted by Crippen LogP contribution is 2.32. The lowest BCUT2D eigenvalue weighted by molar-refractivity contribution is -0.385. The minimum absolute atomic E-state index is 0.00258. The summed E-state index contributed by atoms with van der Waals surface area (Å²) in [5.41, 5.74) is 5.51. The number of nitrogens with two attached hydrogens (primary N) is 1. The number of piperidine rings is 1. The summed E-state index contributed by atoms with van der Waals surface area (Å²) < 4.78 is 0. The van der Waals surface area contributed by atoms with E-state index in [2.05, 4.69) is 0 Å². The van der Waals surface area contributed by atoms with Gasteiger partial charge in [0.1, 0.15) is 5.56 Å². The third-order valence-electron chi connectivity index (χ3n) is 4.00. The summed E-state index contributed by atoms with van der Waals surface area (Å²) in [5, 5.41) is 11.2. The Balaban J connectivity index is 2.35. The molecule has 1 amide bonds. The predicted molar refractivity (Wildman–Crippen MR) is 80.4 cm³/mol. The quantitative estimate of drug-likeness (QED) is 0.671. The smallest absolute Gasteiger partial charge is 0.283 e. The van der Waals surface area contributed by atoms with E-state index >= 15 is 0 Å². The molecule has 0 bridgehead atoms. The number of nitro benzene ring substituents is 1. The van der Waals surface area contributed by atoms with Gasteiger partial charge in [0.25, 0.3) is 11.6 Å². The highest BCUT2D eigenvalue weighted by atomic mass is 35.5. The third kappa shape index (κ3) is 3.01. The Bertz CT molecular complexity index is 589. The summed E-state index contributed by atoms with van der Waals surface area (Å²) in [6, 6.07) is 4.25. The molecule has 0 spiro atoms. The SMILES string of the molecule is CC1(C)CN(C(=O)c2c(Cl)cccc2[N+](=O)[O-])CCC1N. The van der Waals surface area contributed by atoms with Crippen molar-refractivity contribution in [3.8, 4) is 0 Å². The van der Waals surface area contributed by atoms with Crippen molar-refractivity contribution in [1.29, 1.82) is 0 Å². The lowest BCUT2D eigenvalue weighted by Gasteiger charge is -2.42. The van der Waals surface area contributed by atoms with Crippen LogP contribution in [0.4, 0.5) is 5.69 Å². The molecule has 21 heavy (non-hydrogen) atoms. The van der Waals surface area contributed by atoms with Gasteiger partial charge in [-0.1, -0.05) is 31.5 Å². The van der Waals surface area contributed by atoms with Crippen LogP contribution >= 0.6 is 11.6 Å². The molecule has 1 atom stereocenters. The summed E-state index contributed by atoms with van der Waals surface area (Å²) in [4.78, 5) is 24.7. The number of amides is 1. The molecule has 1 aromatic carbocycles. The summed E-state index contributed by atoms with van der Waals surface area (Å²) in [5.74, 6) is -0.410. The minimum Gasteiger partial charge on any atom is -0.338 e. The summed E-state index contributed by atoms with van der Waals surface area (Å²) >= 11 is 6.01. The highest BCUT2D eigenvalue weighted by molar-refractivity contribution is 6.34. The zero-order valence-electron chi connectivity index (χ0n) is 12.0. The van der Waals surface area contributed by atoms with Crippen molar-refractivity contribution in [3.63, 3.8) is 0 Å². The van der Waals surface area contributed by atoms with Crippen molar-refractivity contribution in [2.45, 2.75) is 26.3 Å². The third-order valence-corrected chi connectivity index (χ3v) is 4.32. The van der Waals surface area contributed by atoms with Crippen LogP contribution in [0.2, 0.25) is 5.02 Å². The second kappa shape index (κ2) is 5.61. The summed E-state index contributed by atoms with van der Waals surface area (Å²) in [7, 11) is 0. The zero-order valence-corrected chi connectivity index (χ0v) is 12.8. The molecule has 6 nitrogen and oxygen atoms in total. The molecule has 1 aromatic rings. The minimum atomic E-state index is -0.583. The van der Waals surface area contributed by atoms with Gasteiger partial charge in [-0.05, 0) is 17.9 Å². The van der Waals surface area contributed by atoms with E-state index in [1.54, 1.807) is 4.90 Å². The van der Waals surface area contributed by atoms with Gasteiger partial charge in [0, 0.05) is 25.2 Å². The Morgan fingerprint density at radius 1 is 1.52 bits per heavy atom. The number of carbonyl (C=O) groups excluding carboxylic acids is 1. The Hall–Kier alpha value is -1.66. The van der Waals surface area contributed by atoms with Gasteiger partial charge in [-0.2, -0.15) is 0 Å². The number of carbonyl (C=O) groups is 1. The topological polar surface area (TPSA) is 89.5 Å². The number of likely N-dealkylation sites (tertiary alicyclic amines) is 1. The fourth-order valence-electron chi connectivity index (χ4n) is 2.58. The van der Waals surface area contributed by atoms with Gasteiger partial charge in [-0.3, -0.25) is 14.9 Å². The molecule has 7 heteroatoms. The maximum atomic E-state index is 12.6. The maximum absolute atomic E-state index is 12.6. The van der Waals surface area contributed by atoms with Crippen LogP contribution in [0.3, 0.4) is 0 Å². The molecule has 0 saturated carbocycles. The van der Waals surface area contributed by atoms with Gasteiger partial charge in [-0.25, -0.2) is 0 Å². The number of nitrogens with zero attached hydrogens (tertiary/aromatic N) is 2. The standard InChI is InChI=1S/C14H18ClN3O3/c1-14(2)8-17(7-6-11(14)16)13(19)12-9(15)4-3-5-10(12)18(20)21/h3-5,11H,6-8,16H2,1-2H3. The second-order valence-corrected chi connectivity index (χ2v) is 6.41. The first-order chi connectivity index (χ1) is 9.74. The lowest BCUT2D eigenvalue weighted by atomic mass is 9.79. The second-order valence-electron chi connectivity index (χ2n) is 6.00.